The zero-order chi connectivity index (χ0) is 16.4. The summed E-state index contributed by atoms with van der Waals surface area (Å²) in [5.41, 5.74) is 1.21. The van der Waals surface area contributed by atoms with Crippen molar-refractivity contribution >= 4 is 23.3 Å². The molecule has 1 saturated heterocycles. The minimum Gasteiger partial charge on any atom is -0.495 e. The lowest BCUT2D eigenvalue weighted by atomic mass is 10.2. The molecule has 0 bridgehead atoms. The number of hydrogen-bond donors (Lipinski definition) is 0. The predicted molar refractivity (Wildman–Crippen MR) is 87.4 cm³/mol. The molecule has 23 heavy (non-hydrogen) atoms. The van der Waals surface area contributed by atoms with Crippen molar-refractivity contribution in [3.63, 3.8) is 0 Å². The molecule has 0 unspecified atom stereocenters. The number of fused-ring (bicyclic) bond motifs is 1. The zero-order valence-corrected chi connectivity index (χ0v) is 14.4. The molecule has 1 aromatic heterocycles. The van der Waals surface area contributed by atoms with Gasteiger partial charge in [-0.1, -0.05) is 0 Å². The Morgan fingerprint density at radius 3 is 2.48 bits per heavy atom. The van der Waals surface area contributed by atoms with Crippen LogP contribution in [0.4, 0.5) is 4.79 Å². The van der Waals surface area contributed by atoms with E-state index in [-0.39, 0.29) is 12.0 Å². The van der Waals surface area contributed by atoms with Crippen LogP contribution in [0.25, 0.3) is 0 Å². The molecule has 7 heteroatoms. The molecule has 2 amide bonds. The lowest BCUT2D eigenvalue weighted by molar-refractivity contribution is 0.0572. The van der Waals surface area contributed by atoms with E-state index in [9.17, 15) is 9.59 Å². The SMILES string of the molecule is CCOC(=O)N1CCN(C(=O)c2sc3c(c2OC)CCC3)CC1. The first kappa shape index (κ1) is 16.1. The summed E-state index contributed by atoms with van der Waals surface area (Å²) in [6.45, 7) is 4.25. The Bertz CT molecular complexity index is 605. The van der Waals surface area contributed by atoms with Crippen molar-refractivity contribution in [2.45, 2.75) is 26.2 Å². The second-order valence-electron chi connectivity index (χ2n) is 5.70. The van der Waals surface area contributed by atoms with Crippen LogP contribution >= 0.6 is 11.3 Å². The van der Waals surface area contributed by atoms with E-state index in [2.05, 4.69) is 0 Å². The third kappa shape index (κ3) is 3.02. The van der Waals surface area contributed by atoms with Crippen LogP contribution in [-0.2, 0) is 17.6 Å². The molecule has 2 heterocycles. The van der Waals surface area contributed by atoms with Crippen LogP contribution < -0.4 is 4.74 Å². The van der Waals surface area contributed by atoms with E-state index < -0.39 is 0 Å². The van der Waals surface area contributed by atoms with Crippen molar-refractivity contribution in [1.29, 1.82) is 0 Å². The van der Waals surface area contributed by atoms with Gasteiger partial charge in [0.1, 0.15) is 10.6 Å². The minimum absolute atomic E-state index is 0.0183. The molecular formula is C16H22N2O4S. The van der Waals surface area contributed by atoms with Crippen molar-refractivity contribution in [1.82, 2.24) is 9.80 Å². The quantitative estimate of drug-likeness (QED) is 0.847. The van der Waals surface area contributed by atoms with Crippen LogP contribution in [0.15, 0.2) is 0 Å². The second-order valence-corrected chi connectivity index (χ2v) is 6.80. The monoisotopic (exact) mass is 338 g/mol. The van der Waals surface area contributed by atoms with E-state index in [1.165, 1.54) is 10.4 Å². The number of methoxy groups -OCH3 is 1. The van der Waals surface area contributed by atoms with Gasteiger partial charge in [-0.15, -0.1) is 11.3 Å². The smallest absolute Gasteiger partial charge is 0.409 e. The van der Waals surface area contributed by atoms with Gasteiger partial charge in [0.25, 0.3) is 5.91 Å². The highest BCUT2D eigenvalue weighted by Crippen LogP contribution is 2.41. The Kier molecular flexibility index (Phi) is 4.75. The molecule has 1 aliphatic heterocycles. The van der Waals surface area contributed by atoms with Gasteiger partial charge in [-0.05, 0) is 26.2 Å². The molecule has 0 spiro atoms. The molecule has 3 rings (SSSR count). The molecule has 1 aliphatic carbocycles. The highest BCUT2D eigenvalue weighted by molar-refractivity contribution is 7.14. The van der Waals surface area contributed by atoms with E-state index in [1.807, 2.05) is 0 Å². The fourth-order valence-corrected chi connectivity index (χ4v) is 4.51. The number of piperazine rings is 1. The van der Waals surface area contributed by atoms with Crippen molar-refractivity contribution in [3.05, 3.63) is 15.3 Å². The van der Waals surface area contributed by atoms with Gasteiger partial charge in [-0.25, -0.2) is 4.79 Å². The van der Waals surface area contributed by atoms with Crippen LogP contribution in [-0.4, -0.2) is 61.7 Å². The van der Waals surface area contributed by atoms with Gasteiger partial charge in [0.05, 0.1) is 13.7 Å². The Balaban J connectivity index is 1.67. The maximum atomic E-state index is 12.8. The molecule has 0 aromatic carbocycles. The van der Waals surface area contributed by atoms with Crippen LogP contribution in [0.1, 0.15) is 33.5 Å². The first-order valence-corrected chi connectivity index (χ1v) is 8.86. The lowest BCUT2D eigenvalue weighted by Gasteiger charge is -2.33. The maximum absolute atomic E-state index is 12.8. The van der Waals surface area contributed by atoms with E-state index in [1.54, 1.807) is 35.2 Å². The largest absolute Gasteiger partial charge is 0.495 e. The first-order valence-electron chi connectivity index (χ1n) is 8.05. The Morgan fingerprint density at radius 2 is 1.83 bits per heavy atom. The standard InChI is InChI=1S/C16H22N2O4S/c1-3-22-16(20)18-9-7-17(8-10-18)15(19)14-13(21-2)11-5-4-6-12(11)23-14/h3-10H2,1-2H3. The van der Waals surface area contributed by atoms with Crippen molar-refractivity contribution in [3.8, 4) is 5.75 Å². The van der Waals surface area contributed by atoms with Gasteiger partial charge in [-0.2, -0.15) is 0 Å². The van der Waals surface area contributed by atoms with Crippen LogP contribution in [0.5, 0.6) is 5.75 Å². The highest BCUT2D eigenvalue weighted by atomic mass is 32.1. The number of ether oxygens (including phenoxy) is 2. The first-order chi connectivity index (χ1) is 11.2. The van der Waals surface area contributed by atoms with E-state index in [0.29, 0.717) is 37.7 Å². The molecule has 0 N–H and O–H groups in total. The fraction of sp³-hybridized carbons (Fsp3) is 0.625. The van der Waals surface area contributed by atoms with Crippen LogP contribution in [0.2, 0.25) is 0 Å². The predicted octanol–water partition coefficient (Wildman–Crippen LogP) is 2.16. The van der Waals surface area contributed by atoms with Crippen LogP contribution in [0.3, 0.4) is 0 Å². The molecule has 0 saturated carbocycles. The molecule has 0 radical (unpaired) electrons. The van der Waals surface area contributed by atoms with Gasteiger partial charge < -0.3 is 19.3 Å². The minimum atomic E-state index is -0.299. The summed E-state index contributed by atoms with van der Waals surface area (Å²) in [4.78, 5) is 30.0. The number of rotatable bonds is 3. The molecule has 0 atom stereocenters. The number of carbonyl (C=O) groups excluding carboxylic acids is 2. The third-order valence-electron chi connectivity index (χ3n) is 4.36. The molecule has 126 valence electrons. The topological polar surface area (TPSA) is 59.1 Å². The van der Waals surface area contributed by atoms with E-state index in [0.717, 1.165) is 25.0 Å². The number of thiophene rings is 1. The van der Waals surface area contributed by atoms with Gasteiger partial charge in [0, 0.05) is 36.6 Å². The van der Waals surface area contributed by atoms with Crippen molar-refractivity contribution in [2.75, 3.05) is 39.9 Å². The zero-order valence-electron chi connectivity index (χ0n) is 13.6. The summed E-state index contributed by atoms with van der Waals surface area (Å²) in [6.07, 6.45) is 2.89. The Morgan fingerprint density at radius 1 is 1.13 bits per heavy atom. The summed E-state index contributed by atoms with van der Waals surface area (Å²) in [7, 11) is 1.64. The highest BCUT2D eigenvalue weighted by Gasteiger charge is 2.31. The second kappa shape index (κ2) is 6.78. The molecule has 1 fully saturated rings. The lowest BCUT2D eigenvalue weighted by Crippen LogP contribution is -2.50. The van der Waals surface area contributed by atoms with Gasteiger partial charge in [0.2, 0.25) is 0 Å². The normalized spacial score (nSPS) is 17.1. The van der Waals surface area contributed by atoms with Gasteiger partial charge in [0.15, 0.2) is 0 Å². The average molecular weight is 338 g/mol. The van der Waals surface area contributed by atoms with Crippen molar-refractivity contribution in [2.24, 2.45) is 0 Å². The fourth-order valence-electron chi connectivity index (χ4n) is 3.18. The van der Waals surface area contributed by atoms with Crippen LogP contribution in [0, 0.1) is 0 Å². The Labute approximate surface area is 140 Å². The van der Waals surface area contributed by atoms with Gasteiger partial charge >= 0.3 is 6.09 Å². The van der Waals surface area contributed by atoms with E-state index in [4.69, 9.17) is 9.47 Å². The summed E-state index contributed by atoms with van der Waals surface area (Å²) in [5.74, 6) is 0.782. The van der Waals surface area contributed by atoms with Crippen molar-refractivity contribution < 1.29 is 19.1 Å². The number of aryl methyl sites for hydroxylation is 1. The average Bonchev–Trinajstić information content (AvgIpc) is 3.15. The van der Waals surface area contributed by atoms with E-state index >= 15 is 0 Å². The number of hydrogen-bond acceptors (Lipinski definition) is 5. The summed E-state index contributed by atoms with van der Waals surface area (Å²) >= 11 is 1.57. The Hall–Kier alpha value is -1.76. The molecule has 2 aliphatic rings. The summed E-state index contributed by atoms with van der Waals surface area (Å²) in [6, 6.07) is 0. The summed E-state index contributed by atoms with van der Waals surface area (Å²) < 4.78 is 10.5. The molecular weight excluding hydrogens is 316 g/mol. The molecule has 6 nitrogen and oxygen atoms in total. The summed E-state index contributed by atoms with van der Waals surface area (Å²) in [5, 5.41) is 0. The molecule has 1 aromatic rings. The third-order valence-corrected chi connectivity index (χ3v) is 5.63. The number of carbonyl (C=O) groups is 2. The number of nitrogens with zero attached hydrogens (tertiary/aromatic N) is 2. The maximum Gasteiger partial charge on any atom is 0.409 e. The number of amides is 2. The van der Waals surface area contributed by atoms with Gasteiger partial charge in [-0.3, -0.25) is 4.79 Å².